The van der Waals surface area contributed by atoms with E-state index in [0.29, 0.717) is 18.5 Å². The number of benzene rings is 1. The third-order valence-electron chi connectivity index (χ3n) is 3.36. The van der Waals surface area contributed by atoms with E-state index in [1.165, 1.54) is 0 Å². The highest BCUT2D eigenvalue weighted by Gasteiger charge is 2.37. The summed E-state index contributed by atoms with van der Waals surface area (Å²) in [7, 11) is 0. The Balaban J connectivity index is 2.12. The summed E-state index contributed by atoms with van der Waals surface area (Å²) in [6.07, 6.45) is 2.02. The highest BCUT2D eigenvalue weighted by atomic mass is 127. The zero-order chi connectivity index (χ0) is 14.0. The SMILES string of the molecule is O=C(O)[C@H]1CCC[C@H]1C(=O)Nc1cc(I)ccc1Br. The Kier molecular flexibility index (Phi) is 4.83. The predicted molar refractivity (Wildman–Crippen MR) is 84.0 cm³/mol. The van der Waals surface area contributed by atoms with Crippen molar-refractivity contribution in [2.24, 2.45) is 11.8 Å². The number of carboxylic acid groups (broad SMARTS) is 1. The van der Waals surface area contributed by atoms with Crippen molar-refractivity contribution in [2.75, 3.05) is 5.32 Å². The van der Waals surface area contributed by atoms with Gasteiger partial charge in [0.2, 0.25) is 5.91 Å². The maximum Gasteiger partial charge on any atom is 0.307 e. The Morgan fingerprint density at radius 1 is 1.32 bits per heavy atom. The lowest BCUT2D eigenvalue weighted by Gasteiger charge is -2.16. The first-order chi connectivity index (χ1) is 8.99. The van der Waals surface area contributed by atoms with Crippen molar-refractivity contribution < 1.29 is 14.7 Å². The Hall–Kier alpha value is -0.630. The second-order valence-corrected chi connectivity index (χ2v) is 6.70. The summed E-state index contributed by atoms with van der Waals surface area (Å²) in [5, 5.41) is 11.9. The van der Waals surface area contributed by atoms with Crippen LogP contribution in [0.4, 0.5) is 5.69 Å². The minimum Gasteiger partial charge on any atom is -0.481 e. The van der Waals surface area contributed by atoms with Gasteiger partial charge < -0.3 is 10.4 Å². The van der Waals surface area contributed by atoms with Crippen LogP contribution in [0.2, 0.25) is 0 Å². The third-order valence-corrected chi connectivity index (χ3v) is 4.72. The smallest absolute Gasteiger partial charge is 0.307 e. The fourth-order valence-corrected chi connectivity index (χ4v) is 3.23. The molecule has 6 heteroatoms. The molecule has 1 aliphatic rings. The first-order valence-corrected chi connectivity index (χ1v) is 7.85. The Bertz CT molecular complexity index is 521. The van der Waals surface area contributed by atoms with E-state index < -0.39 is 17.8 Å². The first-order valence-electron chi connectivity index (χ1n) is 5.98. The van der Waals surface area contributed by atoms with Crippen molar-refractivity contribution in [3.8, 4) is 0 Å². The van der Waals surface area contributed by atoms with Gasteiger partial charge in [0.25, 0.3) is 0 Å². The predicted octanol–water partition coefficient (Wildman–Crippen LogP) is 3.49. The molecular weight excluding hydrogens is 425 g/mol. The summed E-state index contributed by atoms with van der Waals surface area (Å²) in [6.45, 7) is 0. The van der Waals surface area contributed by atoms with Crippen LogP contribution in [-0.2, 0) is 9.59 Å². The highest BCUT2D eigenvalue weighted by Crippen LogP contribution is 2.34. The maximum absolute atomic E-state index is 12.2. The molecule has 1 amide bonds. The van der Waals surface area contributed by atoms with Gasteiger partial charge in [-0.25, -0.2) is 0 Å². The summed E-state index contributed by atoms with van der Waals surface area (Å²) < 4.78 is 1.81. The van der Waals surface area contributed by atoms with E-state index in [2.05, 4.69) is 43.8 Å². The lowest BCUT2D eigenvalue weighted by atomic mass is 9.95. The fraction of sp³-hybridized carbons (Fsp3) is 0.385. The Labute approximate surface area is 133 Å². The number of hydrogen-bond donors (Lipinski definition) is 2. The van der Waals surface area contributed by atoms with Crippen LogP contribution >= 0.6 is 38.5 Å². The number of carbonyl (C=O) groups is 2. The molecule has 0 aliphatic heterocycles. The van der Waals surface area contributed by atoms with Gasteiger partial charge in [0.15, 0.2) is 0 Å². The lowest BCUT2D eigenvalue weighted by molar-refractivity contribution is -0.145. The van der Waals surface area contributed by atoms with E-state index in [9.17, 15) is 9.59 Å². The molecule has 1 fully saturated rings. The summed E-state index contributed by atoms with van der Waals surface area (Å²) in [4.78, 5) is 23.3. The zero-order valence-electron chi connectivity index (χ0n) is 10.0. The van der Waals surface area contributed by atoms with Gasteiger partial charge in [-0.3, -0.25) is 9.59 Å². The molecular formula is C13H13BrINO3. The number of amides is 1. The molecule has 2 atom stereocenters. The summed E-state index contributed by atoms with van der Waals surface area (Å²) in [5.74, 6) is -2.06. The summed E-state index contributed by atoms with van der Waals surface area (Å²) >= 11 is 5.54. The number of nitrogens with one attached hydrogen (secondary N) is 1. The van der Waals surface area contributed by atoms with Crippen LogP contribution in [0.25, 0.3) is 0 Å². The number of carbonyl (C=O) groups excluding carboxylic acids is 1. The van der Waals surface area contributed by atoms with Gasteiger partial charge in [-0.1, -0.05) is 6.42 Å². The minimum absolute atomic E-state index is 0.201. The van der Waals surface area contributed by atoms with Gasteiger partial charge >= 0.3 is 5.97 Å². The molecule has 102 valence electrons. The third kappa shape index (κ3) is 3.47. The van der Waals surface area contributed by atoms with Crippen molar-refractivity contribution >= 4 is 56.1 Å². The molecule has 1 aromatic carbocycles. The van der Waals surface area contributed by atoms with Gasteiger partial charge in [0, 0.05) is 8.04 Å². The van der Waals surface area contributed by atoms with Crippen LogP contribution in [0.1, 0.15) is 19.3 Å². The number of hydrogen-bond acceptors (Lipinski definition) is 2. The Morgan fingerprint density at radius 2 is 2.00 bits per heavy atom. The van der Waals surface area contributed by atoms with Crippen molar-refractivity contribution in [3.05, 3.63) is 26.2 Å². The van der Waals surface area contributed by atoms with E-state index in [1.807, 2.05) is 18.2 Å². The number of anilines is 1. The second kappa shape index (κ2) is 6.21. The molecule has 0 bridgehead atoms. The molecule has 0 saturated heterocycles. The van der Waals surface area contributed by atoms with E-state index in [-0.39, 0.29) is 5.91 Å². The van der Waals surface area contributed by atoms with E-state index in [4.69, 9.17) is 5.11 Å². The molecule has 1 aromatic rings. The minimum atomic E-state index is -0.876. The van der Waals surface area contributed by atoms with E-state index >= 15 is 0 Å². The number of carboxylic acids is 1. The number of aliphatic carboxylic acids is 1. The van der Waals surface area contributed by atoms with Crippen molar-refractivity contribution in [1.82, 2.24) is 0 Å². The Morgan fingerprint density at radius 3 is 2.68 bits per heavy atom. The van der Waals surface area contributed by atoms with Crippen LogP contribution < -0.4 is 5.32 Å². The van der Waals surface area contributed by atoms with Crippen molar-refractivity contribution in [1.29, 1.82) is 0 Å². The molecule has 0 spiro atoms. The summed E-state index contributed by atoms with van der Waals surface area (Å²) in [6, 6.07) is 5.64. The average Bonchev–Trinajstić information content (AvgIpc) is 2.83. The zero-order valence-corrected chi connectivity index (χ0v) is 13.8. The van der Waals surface area contributed by atoms with Crippen LogP contribution in [0, 0.1) is 15.4 Å². The molecule has 0 aromatic heterocycles. The molecule has 1 aliphatic carbocycles. The molecule has 1 saturated carbocycles. The molecule has 2 rings (SSSR count). The average molecular weight is 438 g/mol. The van der Waals surface area contributed by atoms with Crippen molar-refractivity contribution in [3.63, 3.8) is 0 Å². The van der Waals surface area contributed by atoms with Gasteiger partial charge in [-0.2, -0.15) is 0 Å². The van der Waals surface area contributed by atoms with E-state index in [0.717, 1.165) is 14.5 Å². The molecule has 19 heavy (non-hydrogen) atoms. The van der Waals surface area contributed by atoms with Crippen LogP contribution in [-0.4, -0.2) is 17.0 Å². The molecule has 4 nitrogen and oxygen atoms in total. The van der Waals surface area contributed by atoms with Gasteiger partial charge in [-0.05, 0) is 69.6 Å². The quantitative estimate of drug-likeness (QED) is 0.711. The molecule has 0 unspecified atom stereocenters. The monoisotopic (exact) mass is 437 g/mol. The first kappa shape index (κ1) is 14.8. The second-order valence-electron chi connectivity index (χ2n) is 4.60. The van der Waals surface area contributed by atoms with Gasteiger partial charge in [0.1, 0.15) is 0 Å². The van der Waals surface area contributed by atoms with Gasteiger partial charge in [0.05, 0.1) is 17.5 Å². The number of rotatable bonds is 3. The van der Waals surface area contributed by atoms with Gasteiger partial charge in [-0.15, -0.1) is 0 Å². The molecule has 0 radical (unpaired) electrons. The van der Waals surface area contributed by atoms with Crippen molar-refractivity contribution in [2.45, 2.75) is 19.3 Å². The topological polar surface area (TPSA) is 66.4 Å². The number of halogens is 2. The van der Waals surface area contributed by atoms with Crippen LogP contribution in [0.3, 0.4) is 0 Å². The normalized spacial score (nSPS) is 22.2. The lowest BCUT2D eigenvalue weighted by Crippen LogP contribution is -2.30. The maximum atomic E-state index is 12.2. The summed E-state index contributed by atoms with van der Waals surface area (Å²) in [5.41, 5.74) is 0.688. The van der Waals surface area contributed by atoms with Crippen LogP contribution in [0.5, 0.6) is 0 Å². The molecule has 2 N–H and O–H groups in total. The fourth-order valence-electron chi connectivity index (χ4n) is 2.39. The van der Waals surface area contributed by atoms with Crippen LogP contribution in [0.15, 0.2) is 22.7 Å². The standard InChI is InChI=1S/C13H13BrINO3/c14-10-5-4-7(15)6-11(10)16-12(17)8-2-1-3-9(8)13(18)19/h4-6,8-9H,1-3H2,(H,16,17)(H,18,19)/t8-,9+/m1/s1. The largest absolute Gasteiger partial charge is 0.481 e. The van der Waals surface area contributed by atoms with E-state index in [1.54, 1.807) is 0 Å². The highest BCUT2D eigenvalue weighted by molar-refractivity contribution is 14.1. The molecule has 0 heterocycles.